The zero-order valence-electron chi connectivity index (χ0n) is 15.2. The number of benzene rings is 1. The van der Waals surface area contributed by atoms with Gasteiger partial charge >= 0.3 is 0 Å². The van der Waals surface area contributed by atoms with Crippen LogP contribution in [-0.4, -0.2) is 5.78 Å². The van der Waals surface area contributed by atoms with E-state index in [0.717, 1.165) is 33.8 Å². The fourth-order valence-corrected chi connectivity index (χ4v) is 2.78. The molecule has 2 rings (SSSR count). The quantitative estimate of drug-likeness (QED) is 0.219. The SMILES string of the molecule is CCC(=O)c1ccc(C)[n+](N)c1.Cc1cc(C)c(SOO[O-])c(C)c1. The van der Waals surface area contributed by atoms with E-state index < -0.39 is 0 Å². The van der Waals surface area contributed by atoms with Crippen molar-refractivity contribution in [3.05, 3.63) is 58.4 Å². The largest absolute Gasteiger partial charge is 0.691 e. The topological polar surface area (TPSA) is 88.5 Å². The second-order valence-electron chi connectivity index (χ2n) is 5.69. The Kier molecular flexibility index (Phi) is 8.57. The monoisotopic (exact) mass is 364 g/mol. The molecule has 2 N–H and O–H groups in total. The molecule has 0 unspecified atom stereocenters. The Morgan fingerprint density at radius 2 is 1.80 bits per heavy atom. The van der Waals surface area contributed by atoms with E-state index in [-0.39, 0.29) is 5.78 Å². The number of hydrogen-bond donors (Lipinski definition) is 1. The highest BCUT2D eigenvalue weighted by Crippen LogP contribution is 2.27. The van der Waals surface area contributed by atoms with E-state index in [9.17, 15) is 10.1 Å². The fraction of sp³-hybridized carbons (Fsp3) is 0.333. The summed E-state index contributed by atoms with van der Waals surface area (Å²) in [6.45, 7) is 9.69. The summed E-state index contributed by atoms with van der Waals surface area (Å²) >= 11 is 0.948. The van der Waals surface area contributed by atoms with E-state index in [1.807, 2.05) is 52.8 Å². The van der Waals surface area contributed by atoms with Gasteiger partial charge in [-0.15, -0.1) is 0 Å². The van der Waals surface area contributed by atoms with Crippen molar-refractivity contribution in [3.63, 3.8) is 0 Å². The van der Waals surface area contributed by atoms with Crippen LogP contribution in [0, 0.1) is 27.7 Å². The molecular formula is C18H24N2O4S. The molecule has 0 saturated heterocycles. The maximum absolute atomic E-state index is 11.2. The van der Waals surface area contributed by atoms with Crippen molar-refractivity contribution in [2.75, 3.05) is 5.84 Å². The van der Waals surface area contributed by atoms with Gasteiger partial charge in [0.25, 0.3) is 0 Å². The molecule has 1 aromatic heterocycles. The molecule has 0 atom stereocenters. The third-order valence-corrected chi connectivity index (χ3v) is 4.52. The number of carbonyl (C=O) groups excluding carboxylic acids is 1. The minimum absolute atomic E-state index is 0.120. The van der Waals surface area contributed by atoms with Crippen LogP contribution in [0.2, 0.25) is 0 Å². The highest BCUT2D eigenvalue weighted by atomic mass is 32.2. The first-order valence-corrected chi connectivity index (χ1v) is 8.55. The van der Waals surface area contributed by atoms with E-state index >= 15 is 0 Å². The van der Waals surface area contributed by atoms with Crippen LogP contribution in [-0.2, 0) is 9.37 Å². The van der Waals surface area contributed by atoms with Crippen LogP contribution in [0.3, 0.4) is 0 Å². The number of hydrogen-bond acceptors (Lipinski definition) is 6. The van der Waals surface area contributed by atoms with Crippen LogP contribution < -0.4 is 15.8 Å². The van der Waals surface area contributed by atoms with Gasteiger partial charge in [0, 0.05) is 24.3 Å². The van der Waals surface area contributed by atoms with Crippen molar-refractivity contribution in [1.82, 2.24) is 0 Å². The summed E-state index contributed by atoms with van der Waals surface area (Å²) < 4.78 is 5.74. The summed E-state index contributed by atoms with van der Waals surface area (Å²) in [5, 5.41) is 12.9. The lowest BCUT2D eigenvalue weighted by atomic mass is 10.1. The van der Waals surface area contributed by atoms with E-state index in [2.05, 4.69) is 9.37 Å². The molecule has 6 nitrogen and oxygen atoms in total. The second-order valence-corrected chi connectivity index (χ2v) is 6.40. The van der Waals surface area contributed by atoms with E-state index in [4.69, 9.17) is 5.84 Å². The van der Waals surface area contributed by atoms with Crippen molar-refractivity contribution < 1.29 is 24.1 Å². The van der Waals surface area contributed by atoms with Crippen LogP contribution in [0.15, 0.2) is 35.4 Å². The van der Waals surface area contributed by atoms with Gasteiger partial charge in [0.2, 0.25) is 11.9 Å². The number of aromatic nitrogens is 1. The lowest BCUT2D eigenvalue weighted by molar-refractivity contribution is -0.777. The minimum Gasteiger partial charge on any atom is -0.691 e. The van der Waals surface area contributed by atoms with Gasteiger partial charge in [-0.3, -0.25) is 9.83 Å². The van der Waals surface area contributed by atoms with Gasteiger partial charge in [0.1, 0.15) is 0 Å². The number of carbonyl (C=O) groups is 1. The first kappa shape index (κ1) is 21.1. The zero-order chi connectivity index (χ0) is 19.0. The van der Waals surface area contributed by atoms with Crippen LogP contribution >= 0.6 is 12.0 Å². The van der Waals surface area contributed by atoms with E-state index in [1.165, 1.54) is 10.2 Å². The van der Waals surface area contributed by atoms with Gasteiger partial charge in [-0.25, -0.2) is 5.84 Å². The maximum Gasteiger partial charge on any atom is 0.210 e. The van der Waals surface area contributed by atoms with E-state index in [1.54, 1.807) is 12.3 Å². The van der Waals surface area contributed by atoms with Gasteiger partial charge < -0.3 is 5.26 Å². The first-order valence-electron chi connectivity index (χ1n) is 7.81. The maximum atomic E-state index is 11.2. The third kappa shape index (κ3) is 6.47. The Hall–Kier alpha value is -1.93. The molecule has 1 aromatic carbocycles. The number of nitrogen functional groups attached to an aromatic ring is 1. The van der Waals surface area contributed by atoms with Crippen molar-refractivity contribution in [2.45, 2.75) is 45.9 Å². The van der Waals surface area contributed by atoms with Crippen LogP contribution in [0.25, 0.3) is 0 Å². The van der Waals surface area contributed by atoms with Gasteiger partial charge in [0.15, 0.2) is 5.78 Å². The molecule has 0 amide bonds. The number of nitrogens with two attached hydrogens (primary N) is 1. The Balaban J connectivity index is 0.000000251. The number of rotatable bonds is 5. The second kappa shape index (κ2) is 10.1. The molecule has 2 aromatic rings. The summed E-state index contributed by atoms with van der Waals surface area (Å²) in [5.74, 6) is 5.70. The summed E-state index contributed by atoms with van der Waals surface area (Å²) in [5.41, 5.74) is 4.97. The Labute approximate surface area is 152 Å². The Morgan fingerprint density at radius 3 is 2.28 bits per heavy atom. The van der Waals surface area contributed by atoms with Crippen molar-refractivity contribution in [3.8, 4) is 0 Å². The van der Waals surface area contributed by atoms with Gasteiger partial charge in [0.05, 0.1) is 17.6 Å². The summed E-state index contributed by atoms with van der Waals surface area (Å²) in [4.78, 5) is 12.1. The van der Waals surface area contributed by atoms with E-state index in [0.29, 0.717) is 12.0 Å². The molecule has 0 radical (unpaired) electrons. The third-order valence-electron chi connectivity index (χ3n) is 3.58. The average Bonchev–Trinajstić information content (AvgIpc) is 2.56. The van der Waals surface area contributed by atoms with Crippen molar-refractivity contribution >= 4 is 17.8 Å². The molecule has 0 bridgehead atoms. The van der Waals surface area contributed by atoms with Crippen LogP contribution in [0.5, 0.6) is 0 Å². The number of nitrogens with zero attached hydrogens (tertiary/aromatic N) is 1. The fourth-order valence-electron chi connectivity index (χ4n) is 2.31. The lowest BCUT2D eigenvalue weighted by Gasteiger charge is -2.10. The van der Waals surface area contributed by atoms with Crippen molar-refractivity contribution in [1.29, 1.82) is 0 Å². The van der Waals surface area contributed by atoms with Gasteiger partial charge in [-0.2, -0.15) is 4.33 Å². The first-order chi connectivity index (χ1) is 11.8. The summed E-state index contributed by atoms with van der Waals surface area (Å²) in [6.07, 6.45) is 2.17. The molecular weight excluding hydrogens is 340 g/mol. The normalized spacial score (nSPS) is 10.2. The van der Waals surface area contributed by atoms with Crippen LogP contribution in [0.1, 0.15) is 46.1 Å². The molecule has 25 heavy (non-hydrogen) atoms. The molecule has 0 spiro atoms. The summed E-state index contributed by atoms with van der Waals surface area (Å²) in [7, 11) is 0. The molecule has 7 heteroatoms. The highest BCUT2D eigenvalue weighted by Gasteiger charge is 2.09. The van der Waals surface area contributed by atoms with Crippen molar-refractivity contribution in [2.24, 2.45) is 0 Å². The number of ketones is 1. The molecule has 0 saturated carbocycles. The Bertz CT molecular complexity index is 712. The standard InChI is InChI=1S/C9H13N2O.C9H12O3S/c1-3-9(12)8-5-4-7(2)11(10)6-8;1-6-4-7(2)9(8(3)5-6)13-12-11-10/h4-6H,3,10H2,1-2H3;4-5,10H,1-3H3/q+1;/p-1. The zero-order valence-corrected chi connectivity index (χ0v) is 16.0. The van der Waals surface area contributed by atoms with Gasteiger partial charge in [-0.05, 0) is 38.0 Å². The average molecular weight is 364 g/mol. The molecule has 0 fully saturated rings. The Morgan fingerprint density at radius 1 is 1.20 bits per heavy atom. The molecule has 1 heterocycles. The predicted molar refractivity (Wildman–Crippen MR) is 94.8 cm³/mol. The summed E-state index contributed by atoms with van der Waals surface area (Å²) in [6, 6.07) is 7.69. The molecule has 0 aliphatic carbocycles. The smallest absolute Gasteiger partial charge is 0.210 e. The molecule has 0 aliphatic heterocycles. The number of Topliss-reactive ketones (excluding diaryl/α,β-unsaturated/α-hetero) is 1. The van der Waals surface area contributed by atoms with Crippen LogP contribution in [0.4, 0.5) is 0 Å². The number of aryl methyl sites for hydroxylation is 4. The molecule has 0 aliphatic rings. The predicted octanol–water partition coefficient (Wildman–Crippen LogP) is 2.43. The highest BCUT2D eigenvalue weighted by molar-refractivity contribution is 7.94. The van der Waals surface area contributed by atoms with Gasteiger partial charge in [-0.1, -0.05) is 29.3 Å². The minimum atomic E-state index is 0.120. The lowest BCUT2D eigenvalue weighted by Crippen LogP contribution is -2.47. The molecule has 136 valence electrons. The number of pyridine rings is 1.